The van der Waals surface area contributed by atoms with Crippen LogP contribution in [-0.2, 0) is 9.59 Å². The molecule has 0 unspecified atom stereocenters. The molecule has 0 spiro atoms. The fourth-order valence-electron chi connectivity index (χ4n) is 3.24. The Hall–Kier alpha value is -4.37. The number of ether oxygens (including phenoxy) is 1. The summed E-state index contributed by atoms with van der Waals surface area (Å²) in [5.41, 5.74) is 2.14. The maximum Gasteiger partial charge on any atom is 0.270 e. The third-order valence-electron chi connectivity index (χ3n) is 4.76. The molecule has 1 N–H and O–H groups in total. The second-order valence-corrected chi connectivity index (χ2v) is 7.27. The van der Waals surface area contributed by atoms with E-state index in [1.807, 2.05) is 30.3 Å². The molecule has 1 saturated heterocycles. The van der Waals surface area contributed by atoms with E-state index in [0.717, 1.165) is 0 Å². The van der Waals surface area contributed by atoms with E-state index in [9.17, 15) is 9.59 Å². The van der Waals surface area contributed by atoms with Crippen LogP contribution in [0.25, 0.3) is 17.1 Å². The SMILES string of the molecule is O=C1NC(=S)N(c2ccc(Oc3ccccc3)cc2)C(=O)C1=Cc1ccc2nonc2c1. The molecule has 1 aromatic heterocycles. The van der Waals surface area contributed by atoms with Gasteiger partial charge in [0.05, 0.1) is 5.69 Å². The van der Waals surface area contributed by atoms with Crippen molar-refractivity contribution >= 4 is 51.9 Å². The maximum atomic E-state index is 13.2. The number of anilines is 1. The molecular formula is C23H14N4O4S. The standard InChI is InChI=1S/C23H14N4O4S/c28-21-18(12-14-6-11-19-20(13-14)26-31-25-19)22(29)27(23(32)24-21)15-7-9-17(10-8-15)30-16-4-2-1-3-5-16/h1-13H,(H,24,28,32). The van der Waals surface area contributed by atoms with Gasteiger partial charge in [-0.2, -0.15) is 0 Å². The van der Waals surface area contributed by atoms with Gasteiger partial charge in [0, 0.05) is 0 Å². The van der Waals surface area contributed by atoms with Crippen LogP contribution in [-0.4, -0.2) is 27.2 Å². The Balaban J connectivity index is 1.42. The van der Waals surface area contributed by atoms with E-state index in [4.69, 9.17) is 17.0 Å². The smallest absolute Gasteiger partial charge is 0.270 e. The minimum absolute atomic E-state index is 0.00466. The molecular weight excluding hydrogens is 428 g/mol. The number of carbonyl (C=O) groups is 2. The number of carbonyl (C=O) groups excluding carboxylic acids is 2. The van der Waals surface area contributed by atoms with E-state index in [-0.39, 0.29) is 10.7 Å². The minimum Gasteiger partial charge on any atom is -0.457 e. The summed E-state index contributed by atoms with van der Waals surface area (Å²) in [5, 5.41) is 10.1. The number of fused-ring (bicyclic) bond motifs is 1. The number of hydrogen-bond acceptors (Lipinski definition) is 7. The van der Waals surface area contributed by atoms with Crippen molar-refractivity contribution in [1.29, 1.82) is 0 Å². The molecule has 0 saturated carbocycles. The molecule has 8 nitrogen and oxygen atoms in total. The summed E-state index contributed by atoms with van der Waals surface area (Å²) in [6.07, 6.45) is 1.48. The van der Waals surface area contributed by atoms with E-state index < -0.39 is 11.8 Å². The third kappa shape index (κ3) is 3.72. The van der Waals surface area contributed by atoms with Crippen molar-refractivity contribution < 1.29 is 19.0 Å². The van der Waals surface area contributed by atoms with E-state index in [0.29, 0.717) is 33.8 Å². The topological polar surface area (TPSA) is 97.6 Å². The van der Waals surface area contributed by atoms with Crippen molar-refractivity contribution in [2.45, 2.75) is 0 Å². The van der Waals surface area contributed by atoms with Gasteiger partial charge in [-0.25, -0.2) is 4.63 Å². The van der Waals surface area contributed by atoms with Crippen molar-refractivity contribution in [2.75, 3.05) is 4.90 Å². The average molecular weight is 442 g/mol. The van der Waals surface area contributed by atoms with E-state index >= 15 is 0 Å². The molecule has 3 aromatic carbocycles. The molecule has 9 heteroatoms. The molecule has 0 atom stereocenters. The van der Waals surface area contributed by atoms with Crippen LogP contribution in [0.15, 0.2) is 83.0 Å². The highest BCUT2D eigenvalue weighted by molar-refractivity contribution is 7.80. The zero-order valence-electron chi connectivity index (χ0n) is 16.4. The van der Waals surface area contributed by atoms with Gasteiger partial charge < -0.3 is 4.74 Å². The van der Waals surface area contributed by atoms with E-state index in [1.165, 1.54) is 11.0 Å². The molecule has 1 aliphatic heterocycles. The summed E-state index contributed by atoms with van der Waals surface area (Å²) in [7, 11) is 0. The lowest BCUT2D eigenvalue weighted by Gasteiger charge is -2.29. The Bertz CT molecular complexity index is 1380. The molecule has 32 heavy (non-hydrogen) atoms. The van der Waals surface area contributed by atoms with Gasteiger partial charge in [0.15, 0.2) is 5.11 Å². The second kappa shape index (κ2) is 8.05. The van der Waals surface area contributed by atoms with Crippen LogP contribution >= 0.6 is 12.2 Å². The molecule has 5 rings (SSSR count). The summed E-state index contributed by atoms with van der Waals surface area (Å²) in [5.74, 6) is 0.193. The van der Waals surface area contributed by atoms with Crippen molar-refractivity contribution in [1.82, 2.24) is 15.6 Å². The van der Waals surface area contributed by atoms with Gasteiger partial charge in [-0.1, -0.05) is 24.3 Å². The molecule has 2 amide bonds. The average Bonchev–Trinajstić information content (AvgIpc) is 3.26. The fourth-order valence-corrected chi connectivity index (χ4v) is 3.52. The number of rotatable bonds is 4. The number of para-hydroxylation sites is 1. The third-order valence-corrected chi connectivity index (χ3v) is 5.05. The first kappa shape index (κ1) is 19.6. The first-order valence-corrected chi connectivity index (χ1v) is 9.96. The monoisotopic (exact) mass is 442 g/mol. The lowest BCUT2D eigenvalue weighted by Crippen LogP contribution is -2.54. The number of amides is 2. The lowest BCUT2D eigenvalue weighted by atomic mass is 10.1. The highest BCUT2D eigenvalue weighted by Crippen LogP contribution is 2.27. The Morgan fingerprint density at radius 1 is 0.906 bits per heavy atom. The van der Waals surface area contributed by atoms with Crippen LogP contribution < -0.4 is 15.0 Å². The Labute approximate surface area is 187 Å². The van der Waals surface area contributed by atoms with Crippen LogP contribution in [0.4, 0.5) is 5.69 Å². The number of nitrogens with one attached hydrogen (secondary N) is 1. The summed E-state index contributed by atoms with van der Waals surface area (Å²) < 4.78 is 10.5. The van der Waals surface area contributed by atoms with Gasteiger partial charge in [-0.3, -0.25) is 19.8 Å². The number of thiocarbonyl (C=S) groups is 1. The molecule has 0 bridgehead atoms. The second-order valence-electron chi connectivity index (χ2n) is 6.88. The van der Waals surface area contributed by atoms with Crippen molar-refractivity contribution in [3.63, 3.8) is 0 Å². The molecule has 1 fully saturated rings. The van der Waals surface area contributed by atoms with E-state index in [2.05, 4.69) is 20.3 Å². The molecule has 2 heterocycles. The van der Waals surface area contributed by atoms with E-state index in [1.54, 1.807) is 42.5 Å². The highest BCUT2D eigenvalue weighted by atomic mass is 32.1. The predicted octanol–water partition coefficient (Wildman–Crippen LogP) is 3.85. The normalized spacial score (nSPS) is 15.3. The summed E-state index contributed by atoms with van der Waals surface area (Å²) in [6, 6.07) is 21.3. The Morgan fingerprint density at radius 2 is 1.62 bits per heavy atom. The summed E-state index contributed by atoms with van der Waals surface area (Å²) >= 11 is 5.25. The zero-order valence-corrected chi connectivity index (χ0v) is 17.2. The predicted molar refractivity (Wildman–Crippen MR) is 121 cm³/mol. The van der Waals surface area contributed by atoms with Crippen LogP contribution in [0.1, 0.15) is 5.56 Å². The molecule has 1 aliphatic rings. The highest BCUT2D eigenvalue weighted by Gasteiger charge is 2.34. The van der Waals surface area contributed by atoms with Gasteiger partial charge in [0.25, 0.3) is 11.8 Å². The lowest BCUT2D eigenvalue weighted by molar-refractivity contribution is -0.122. The van der Waals surface area contributed by atoms with Gasteiger partial charge in [-0.15, -0.1) is 0 Å². The van der Waals surface area contributed by atoms with Crippen molar-refractivity contribution in [3.05, 3.63) is 83.9 Å². The largest absolute Gasteiger partial charge is 0.457 e. The number of aromatic nitrogens is 2. The van der Waals surface area contributed by atoms with Crippen molar-refractivity contribution in [3.8, 4) is 11.5 Å². The molecule has 156 valence electrons. The van der Waals surface area contributed by atoms with Gasteiger partial charge >= 0.3 is 0 Å². The van der Waals surface area contributed by atoms with Crippen LogP contribution in [0, 0.1) is 0 Å². The Morgan fingerprint density at radius 3 is 2.41 bits per heavy atom. The first-order chi connectivity index (χ1) is 15.6. The molecule has 0 radical (unpaired) electrons. The van der Waals surface area contributed by atoms with Crippen LogP contribution in [0.3, 0.4) is 0 Å². The summed E-state index contributed by atoms with van der Waals surface area (Å²) in [4.78, 5) is 26.9. The Kier molecular flexibility index (Phi) is 4.92. The minimum atomic E-state index is -0.571. The fraction of sp³-hybridized carbons (Fsp3) is 0. The first-order valence-electron chi connectivity index (χ1n) is 9.55. The van der Waals surface area contributed by atoms with Gasteiger partial charge in [0.2, 0.25) is 0 Å². The number of hydrogen-bond donors (Lipinski definition) is 1. The maximum absolute atomic E-state index is 13.2. The van der Waals surface area contributed by atoms with Gasteiger partial charge in [-0.05, 0) is 82.7 Å². The molecule has 4 aromatic rings. The van der Waals surface area contributed by atoms with Crippen molar-refractivity contribution in [2.24, 2.45) is 0 Å². The zero-order chi connectivity index (χ0) is 22.1. The quantitative estimate of drug-likeness (QED) is 0.291. The van der Waals surface area contributed by atoms with Crippen LogP contribution in [0.5, 0.6) is 11.5 Å². The number of nitrogens with zero attached hydrogens (tertiary/aromatic N) is 3. The van der Waals surface area contributed by atoms with Gasteiger partial charge in [0.1, 0.15) is 28.1 Å². The van der Waals surface area contributed by atoms with Crippen LogP contribution in [0.2, 0.25) is 0 Å². The molecule has 0 aliphatic carbocycles. The summed E-state index contributed by atoms with van der Waals surface area (Å²) in [6.45, 7) is 0. The number of benzene rings is 3.